The summed E-state index contributed by atoms with van der Waals surface area (Å²) in [5, 5.41) is 0. The predicted octanol–water partition coefficient (Wildman–Crippen LogP) is 3.20. The molecule has 1 saturated carbocycles. The second-order valence-electron chi connectivity index (χ2n) is 4.55. The van der Waals surface area contributed by atoms with E-state index in [2.05, 4.69) is 6.92 Å². The van der Waals surface area contributed by atoms with Crippen LogP contribution in [0.5, 0.6) is 0 Å². The Bertz CT molecular complexity index is 155. The molecule has 3 atom stereocenters. The van der Waals surface area contributed by atoms with E-state index in [0.717, 1.165) is 24.9 Å². The van der Waals surface area contributed by atoms with Gasteiger partial charge in [0, 0.05) is 6.61 Å². The summed E-state index contributed by atoms with van der Waals surface area (Å²) in [4.78, 5) is 0. The van der Waals surface area contributed by atoms with Crippen LogP contribution in [-0.4, -0.2) is 12.7 Å². The van der Waals surface area contributed by atoms with Crippen molar-refractivity contribution in [2.75, 3.05) is 6.61 Å². The highest BCUT2D eigenvalue weighted by atomic mass is 16.5. The van der Waals surface area contributed by atoms with E-state index in [1.54, 1.807) is 0 Å². The summed E-state index contributed by atoms with van der Waals surface area (Å²) >= 11 is 0. The van der Waals surface area contributed by atoms with Crippen LogP contribution in [0.4, 0.5) is 0 Å². The minimum absolute atomic E-state index is 0.586. The molecule has 0 aromatic heterocycles. The Labute approximate surface area is 81.9 Å². The van der Waals surface area contributed by atoms with Gasteiger partial charge in [-0.25, -0.2) is 0 Å². The minimum Gasteiger partial charge on any atom is -0.378 e. The highest BCUT2D eigenvalue weighted by molar-refractivity contribution is 4.86. The van der Waals surface area contributed by atoms with E-state index < -0.39 is 0 Å². The van der Waals surface area contributed by atoms with Crippen molar-refractivity contribution in [1.82, 2.24) is 0 Å². The van der Waals surface area contributed by atoms with Crippen LogP contribution in [0, 0.1) is 18.8 Å². The lowest BCUT2D eigenvalue weighted by atomic mass is 9.84. The zero-order valence-corrected chi connectivity index (χ0v) is 8.50. The van der Waals surface area contributed by atoms with E-state index in [1.807, 2.05) is 0 Å². The second-order valence-corrected chi connectivity index (χ2v) is 4.55. The zero-order valence-electron chi connectivity index (χ0n) is 8.50. The topological polar surface area (TPSA) is 9.23 Å². The maximum absolute atomic E-state index is 5.87. The lowest BCUT2D eigenvalue weighted by Gasteiger charge is -2.34. The molecule has 0 spiro atoms. The van der Waals surface area contributed by atoms with Crippen LogP contribution >= 0.6 is 0 Å². The van der Waals surface area contributed by atoms with Crippen LogP contribution in [0.25, 0.3) is 0 Å². The monoisotopic (exact) mass is 181 g/mol. The Morgan fingerprint density at radius 1 is 1.23 bits per heavy atom. The standard InChI is InChI=1S/C12H21O/c1-2-3-7-12-11-6-4-5-10(11)8-9-13-12/h10-12H,1-9H2. The molecule has 1 heteroatoms. The Hall–Kier alpha value is -0.0400. The van der Waals surface area contributed by atoms with Crippen molar-refractivity contribution >= 4 is 0 Å². The van der Waals surface area contributed by atoms with Gasteiger partial charge in [-0.2, -0.15) is 0 Å². The highest BCUT2D eigenvalue weighted by Crippen LogP contribution is 2.41. The van der Waals surface area contributed by atoms with E-state index in [0.29, 0.717) is 6.10 Å². The lowest BCUT2D eigenvalue weighted by Crippen LogP contribution is -2.33. The Morgan fingerprint density at radius 2 is 2.15 bits per heavy atom. The van der Waals surface area contributed by atoms with Crippen LogP contribution in [0.15, 0.2) is 0 Å². The van der Waals surface area contributed by atoms with Crippen LogP contribution in [0.2, 0.25) is 0 Å². The molecule has 1 aliphatic heterocycles. The molecular formula is C12H21O. The number of fused-ring (bicyclic) bond motifs is 1. The summed E-state index contributed by atoms with van der Waals surface area (Å²) in [6.45, 7) is 4.92. The van der Waals surface area contributed by atoms with Crippen molar-refractivity contribution in [3.8, 4) is 0 Å². The molecule has 3 unspecified atom stereocenters. The smallest absolute Gasteiger partial charge is 0.0605 e. The van der Waals surface area contributed by atoms with Gasteiger partial charge in [0.15, 0.2) is 0 Å². The maximum atomic E-state index is 5.87. The molecule has 0 bridgehead atoms. The van der Waals surface area contributed by atoms with Crippen molar-refractivity contribution in [3.05, 3.63) is 6.92 Å². The first-order valence-corrected chi connectivity index (χ1v) is 5.82. The number of ether oxygens (including phenoxy) is 1. The van der Waals surface area contributed by atoms with Gasteiger partial charge in [0.1, 0.15) is 0 Å². The van der Waals surface area contributed by atoms with Gasteiger partial charge < -0.3 is 4.74 Å². The largest absolute Gasteiger partial charge is 0.378 e. The predicted molar refractivity (Wildman–Crippen MR) is 54.4 cm³/mol. The number of hydrogen-bond donors (Lipinski definition) is 0. The molecule has 0 aromatic rings. The van der Waals surface area contributed by atoms with E-state index >= 15 is 0 Å². The number of rotatable bonds is 3. The van der Waals surface area contributed by atoms with Crippen LogP contribution in [-0.2, 0) is 4.74 Å². The van der Waals surface area contributed by atoms with Crippen molar-refractivity contribution in [1.29, 1.82) is 0 Å². The van der Waals surface area contributed by atoms with Gasteiger partial charge in [-0.3, -0.25) is 0 Å². The Kier molecular flexibility index (Phi) is 3.26. The van der Waals surface area contributed by atoms with Crippen LogP contribution in [0.1, 0.15) is 44.9 Å². The molecular weight excluding hydrogens is 160 g/mol. The lowest BCUT2D eigenvalue weighted by molar-refractivity contribution is -0.0507. The van der Waals surface area contributed by atoms with Crippen LogP contribution in [0.3, 0.4) is 0 Å². The fourth-order valence-corrected chi connectivity index (χ4v) is 3.05. The average molecular weight is 181 g/mol. The number of unbranched alkanes of at least 4 members (excludes halogenated alkanes) is 1. The fraction of sp³-hybridized carbons (Fsp3) is 0.917. The van der Waals surface area contributed by atoms with E-state index in [-0.39, 0.29) is 0 Å². The third-order valence-corrected chi connectivity index (χ3v) is 3.75. The van der Waals surface area contributed by atoms with Gasteiger partial charge in [0.2, 0.25) is 0 Å². The Balaban J connectivity index is 1.86. The molecule has 2 aliphatic rings. The normalized spacial score (nSPS) is 39.0. The molecule has 1 heterocycles. The summed E-state index contributed by atoms with van der Waals surface area (Å²) < 4.78 is 5.87. The molecule has 2 rings (SSSR count). The molecule has 0 amide bonds. The first-order valence-electron chi connectivity index (χ1n) is 5.82. The quantitative estimate of drug-likeness (QED) is 0.649. The van der Waals surface area contributed by atoms with Crippen molar-refractivity contribution in [2.45, 2.75) is 51.0 Å². The van der Waals surface area contributed by atoms with E-state index in [4.69, 9.17) is 4.74 Å². The van der Waals surface area contributed by atoms with Gasteiger partial charge in [-0.15, -0.1) is 0 Å². The first kappa shape index (κ1) is 9.51. The van der Waals surface area contributed by atoms with Gasteiger partial charge >= 0.3 is 0 Å². The summed E-state index contributed by atoms with van der Waals surface area (Å²) in [7, 11) is 0. The second kappa shape index (κ2) is 4.45. The molecule has 1 radical (unpaired) electrons. The Morgan fingerprint density at radius 3 is 3.00 bits per heavy atom. The third kappa shape index (κ3) is 2.07. The SMILES string of the molecule is [CH2]CCCC1OCCC2CCCC21. The third-order valence-electron chi connectivity index (χ3n) is 3.75. The molecule has 75 valence electrons. The molecule has 0 N–H and O–H groups in total. The molecule has 1 saturated heterocycles. The molecule has 0 aromatic carbocycles. The summed E-state index contributed by atoms with van der Waals surface area (Å²) in [5.41, 5.74) is 0. The summed E-state index contributed by atoms with van der Waals surface area (Å²) in [5.74, 6) is 1.91. The molecule has 13 heavy (non-hydrogen) atoms. The zero-order chi connectivity index (χ0) is 9.10. The van der Waals surface area contributed by atoms with Crippen molar-refractivity contribution < 1.29 is 4.74 Å². The van der Waals surface area contributed by atoms with Gasteiger partial charge in [-0.1, -0.05) is 26.2 Å². The van der Waals surface area contributed by atoms with E-state index in [9.17, 15) is 0 Å². The van der Waals surface area contributed by atoms with Crippen molar-refractivity contribution in [2.24, 2.45) is 11.8 Å². The van der Waals surface area contributed by atoms with Gasteiger partial charge in [0.05, 0.1) is 6.10 Å². The first-order chi connectivity index (χ1) is 6.42. The molecule has 1 aliphatic carbocycles. The molecule has 1 nitrogen and oxygen atoms in total. The van der Waals surface area contributed by atoms with E-state index in [1.165, 1.54) is 38.5 Å². The highest BCUT2D eigenvalue weighted by Gasteiger charge is 2.36. The summed E-state index contributed by atoms with van der Waals surface area (Å²) in [6, 6.07) is 0. The maximum Gasteiger partial charge on any atom is 0.0605 e. The van der Waals surface area contributed by atoms with Gasteiger partial charge in [0.25, 0.3) is 0 Å². The minimum atomic E-state index is 0.586. The van der Waals surface area contributed by atoms with Gasteiger partial charge in [-0.05, 0) is 37.5 Å². The fourth-order valence-electron chi connectivity index (χ4n) is 3.05. The summed E-state index contributed by atoms with van der Waals surface area (Å²) in [6.07, 6.45) is 9.81. The van der Waals surface area contributed by atoms with Crippen LogP contribution < -0.4 is 0 Å². The average Bonchev–Trinajstić information content (AvgIpc) is 2.62. The van der Waals surface area contributed by atoms with Crippen molar-refractivity contribution in [3.63, 3.8) is 0 Å². The number of hydrogen-bond acceptors (Lipinski definition) is 1. The molecule has 2 fully saturated rings.